The third-order valence-corrected chi connectivity index (χ3v) is 3.27. The molecule has 2 amide bonds. The molecule has 0 aromatic heterocycles. The Bertz CT molecular complexity index is 680. The van der Waals surface area contributed by atoms with E-state index in [1.807, 2.05) is 24.3 Å². The first kappa shape index (κ1) is 12.2. The van der Waals surface area contributed by atoms with E-state index in [1.165, 1.54) is 0 Å². The van der Waals surface area contributed by atoms with Gasteiger partial charge in [-0.2, -0.15) is 0 Å². The predicted octanol–water partition coefficient (Wildman–Crippen LogP) is 1.89. The topological polar surface area (TPSA) is 84.2 Å². The summed E-state index contributed by atoms with van der Waals surface area (Å²) in [6.07, 6.45) is 0. The molecule has 4 N–H and O–H groups in total. The van der Waals surface area contributed by atoms with Crippen LogP contribution in [0.4, 0.5) is 11.4 Å². The van der Waals surface area contributed by atoms with E-state index >= 15 is 0 Å². The van der Waals surface area contributed by atoms with E-state index in [0.717, 1.165) is 16.9 Å². The van der Waals surface area contributed by atoms with Crippen molar-refractivity contribution in [2.45, 2.75) is 6.04 Å². The average Bonchev–Trinajstić information content (AvgIpc) is 2.76. The maximum absolute atomic E-state index is 12.0. The highest BCUT2D eigenvalue weighted by Crippen LogP contribution is 2.32. The third kappa shape index (κ3) is 2.09. The minimum absolute atomic E-state index is 0.0924. The van der Waals surface area contributed by atoms with Gasteiger partial charge in [-0.3, -0.25) is 9.59 Å². The molecule has 100 valence electrons. The Labute approximate surface area is 115 Å². The van der Waals surface area contributed by atoms with Gasteiger partial charge in [0.25, 0.3) is 5.91 Å². The SMILES string of the molecule is NC(=O)c1ccc(NC2C(=O)Nc3ccccc32)cc1. The fourth-order valence-corrected chi connectivity index (χ4v) is 2.25. The molecule has 1 atom stereocenters. The van der Waals surface area contributed by atoms with Crippen LogP contribution in [-0.4, -0.2) is 11.8 Å². The molecule has 0 aliphatic carbocycles. The van der Waals surface area contributed by atoms with Gasteiger partial charge in [-0.1, -0.05) is 18.2 Å². The van der Waals surface area contributed by atoms with Crippen LogP contribution in [0.2, 0.25) is 0 Å². The van der Waals surface area contributed by atoms with Crippen LogP contribution < -0.4 is 16.4 Å². The molecule has 0 radical (unpaired) electrons. The van der Waals surface area contributed by atoms with E-state index in [1.54, 1.807) is 24.3 Å². The number of hydrogen-bond acceptors (Lipinski definition) is 3. The summed E-state index contributed by atoms with van der Waals surface area (Å²) in [4.78, 5) is 23.0. The quantitative estimate of drug-likeness (QED) is 0.794. The normalized spacial score (nSPS) is 16.4. The number of para-hydroxylation sites is 1. The molecule has 3 rings (SSSR count). The number of carbonyl (C=O) groups excluding carboxylic acids is 2. The summed E-state index contributed by atoms with van der Waals surface area (Å²) < 4.78 is 0. The third-order valence-electron chi connectivity index (χ3n) is 3.27. The van der Waals surface area contributed by atoms with Crippen molar-refractivity contribution in [3.8, 4) is 0 Å². The Hall–Kier alpha value is -2.82. The van der Waals surface area contributed by atoms with E-state index in [-0.39, 0.29) is 5.91 Å². The highest BCUT2D eigenvalue weighted by Gasteiger charge is 2.29. The molecular weight excluding hydrogens is 254 g/mol. The lowest BCUT2D eigenvalue weighted by Crippen LogP contribution is -2.19. The molecule has 5 heteroatoms. The first-order chi connectivity index (χ1) is 9.65. The van der Waals surface area contributed by atoms with Gasteiger partial charge in [-0.25, -0.2) is 0 Å². The standard InChI is InChI=1S/C15H13N3O2/c16-14(19)9-5-7-10(8-6-9)17-13-11-3-1-2-4-12(11)18-15(13)20/h1-8,13,17H,(H2,16,19)(H,18,20). The molecule has 0 fully saturated rings. The van der Waals surface area contributed by atoms with E-state index in [0.29, 0.717) is 5.56 Å². The number of rotatable bonds is 3. The maximum atomic E-state index is 12.0. The van der Waals surface area contributed by atoms with Crippen LogP contribution in [0.5, 0.6) is 0 Å². The van der Waals surface area contributed by atoms with E-state index in [2.05, 4.69) is 10.6 Å². The maximum Gasteiger partial charge on any atom is 0.251 e. The molecule has 0 bridgehead atoms. The van der Waals surface area contributed by atoms with Crippen molar-refractivity contribution in [3.63, 3.8) is 0 Å². The summed E-state index contributed by atoms with van der Waals surface area (Å²) in [5.41, 5.74) is 8.12. The van der Waals surface area contributed by atoms with Crippen molar-refractivity contribution in [2.24, 2.45) is 5.73 Å². The number of hydrogen-bond donors (Lipinski definition) is 3. The lowest BCUT2D eigenvalue weighted by Gasteiger charge is -2.13. The molecule has 0 saturated carbocycles. The van der Waals surface area contributed by atoms with Gasteiger partial charge in [-0.15, -0.1) is 0 Å². The number of nitrogens with one attached hydrogen (secondary N) is 2. The van der Waals surface area contributed by atoms with Gasteiger partial charge in [0.2, 0.25) is 5.91 Å². The first-order valence-electron chi connectivity index (χ1n) is 6.21. The zero-order chi connectivity index (χ0) is 14.1. The monoisotopic (exact) mass is 267 g/mol. The predicted molar refractivity (Wildman–Crippen MR) is 76.4 cm³/mol. The number of amides is 2. The van der Waals surface area contributed by atoms with Crippen LogP contribution in [0.15, 0.2) is 48.5 Å². The summed E-state index contributed by atoms with van der Waals surface area (Å²) in [6, 6.07) is 13.8. The summed E-state index contributed by atoms with van der Waals surface area (Å²) in [5, 5.41) is 5.97. The highest BCUT2D eigenvalue weighted by molar-refractivity contribution is 6.04. The number of carbonyl (C=O) groups is 2. The molecule has 2 aromatic carbocycles. The number of anilines is 2. The van der Waals surface area contributed by atoms with Gasteiger partial charge in [0, 0.05) is 22.5 Å². The molecule has 1 heterocycles. The van der Waals surface area contributed by atoms with Crippen LogP contribution in [0.3, 0.4) is 0 Å². The van der Waals surface area contributed by atoms with Gasteiger partial charge in [0.1, 0.15) is 6.04 Å². The molecule has 5 nitrogen and oxygen atoms in total. The van der Waals surface area contributed by atoms with Gasteiger partial charge in [0.05, 0.1) is 0 Å². The minimum atomic E-state index is -0.472. The Morgan fingerprint density at radius 3 is 2.50 bits per heavy atom. The zero-order valence-electron chi connectivity index (χ0n) is 10.6. The van der Waals surface area contributed by atoms with E-state index in [4.69, 9.17) is 5.73 Å². The zero-order valence-corrected chi connectivity index (χ0v) is 10.6. The van der Waals surface area contributed by atoms with Gasteiger partial charge < -0.3 is 16.4 Å². The molecular formula is C15H13N3O2. The number of benzene rings is 2. The largest absolute Gasteiger partial charge is 0.370 e. The lowest BCUT2D eigenvalue weighted by atomic mass is 10.1. The van der Waals surface area contributed by atoms with Gasteiger partial charge in [0.15, 0.2) is 0 Å². The van der Waals surface area contributed by atoms with Crippen LogP contribution in [-0.2, 0) is 4.79 Å². The summed E-state index contributed by atoms with van der Waals surface area (Å²) in [5.74, 6) is -0.564. The molecule has 1 aliphatic rings. The molecule has 1 aliphatic heterocycles. The smallest absolute Gasteiger partial charge is 0.251 e. The van der Waals surface area contributed by atoms with Crippen molar-refractivity contribution in [3.05, 3.63) is 59.7 Å². The molecule has 0 spiro atoms. The van der Waals surface area contributed by atoms with E-state index in [9.17, 15) is 9.59 Å². The van der Waals surface area contributed by atoms with Gasteiger partial charge >= 0.3 is 0 Å². The Morgan fingerprint density at radius 2 is 1.80 bits per heavy atom. The highest BCUT2D eigenvalue weighted by atomic mass is 16.2. The number of nitrogens with two attached hydrogens (primary N) is 1. The van der Waals surface area contributed by atoms with Crippen molar-refractivity contribution < 1.29 is 9.59 Å². The van der Waals surface area contributed by atoms with Crippen molar-refractivity contribution in [1.29, 1.82) is 0 Å². The van der Waals surface area contributed by atoms with E-state index < -0.39 is 11.9 Å². The molecule has 1 unspecified atom stereocenters. The second-order valence-electron chi connectivity index (χ2n) is 4.60. The summed E-state index contributed by atoms with van der Waals surface area (Å²) in [6.45, 7) is 0. The molecule has 0 saturated heterocycles. The van der Waals surface area contributed by atoms with Crippen LogP contribution in [0.1, 0.15) is 22.0 Å². The number of primary amides is 1. The molecule has 2 aromatic rings. The minimum Gasteiger partial charge on any atom is -0.370 e. The van der Waals surface area contributed by atoms with Crippen LogP contribution in [0.25, 0.3) is 0 Å². The Balaban J connectivity index is 1.84. The van der Waals surface area contributed by atoms with Crippen molar-refractivity contribution >= 4 is 23.2 Å². The Kier molecular flexibility index (Phi) is 2.87. The Morgan fingerprint density at radius 1 is 1.10 bits per heavy atom. The summed E-state index contributed by atoms with van der Waals surface area (Å²) in [7, 11) is 0. The van der Waals surface area contributed by atoms with Crippen LogP contribution in [0, 0.1) is 0 Å². The van der Waals surface area contributed by atoms with Crippen molar-refractivity contribution in [2.75, 3.05) is 10.6 Å². The average molecular weight is 267 g/mol. The number of fused-ring (bicyclic) bond motifs is 1. The first-order valence-corrected chi connectivity index (χ1v) is 6.21. The second-order valence-corrected chi connectivity index (χ2v) is 4.60. The van der Waals surface area contributed by atoms with Crippen molar-refractivity contribution in [1.82, 2.24) is 0 Å². The fourth-order valence-electron chi connectivity index (χ4n) is 2.25. The second kappa shape index (κ2) is 4.70. The fraction of sp³-hybridized carbons (Fsp3) is 0.0667. The molecule has 20 heavy (non-hydrogen) atoms. The van der Waals surface area contributed by atoms with Crippen LogP contribution >= 0.6 is 0 Å². The van der Waals surface area contributed by atoms with Gasteiger partial charge in [-0.05, 0) is 30.3 Å². The lowest BCUT2D eigenvalue weighted by molar-refractivity contribution is -0.116. The summed E-state index contributed by atoms with van der Waals surface area (Å²) >= 11 is 0.